The molecule has 2 N–H and O–H groups in total. The van der Waals surface area contributed by atoms with Crippen molar-refractivity contribution in [3.63, 3.8) is 0 Å². The highest BCUT2D eigenvalue weighted by molar-refractivity contribution is 5.61. The van der Waals surface area contributed by atoms with Crippen molar-refractivity contribution in [2.75, 3.05) is 11.9 Å². The third-order valence-electron chi connectivity index (χ3n) is 2.63. The fourth-order valence-corrected chi connectivity index (χ4v) is 1.93. The Labute approximate surface area is 84.3 Å². The molecule has 2 nitrogen and oxygen atoms in total. The summed E-state index contributed by atoms with van der Waals surface area (Å²) >= 11 is 0. The lowest BCUT2D eigenvalue weighted by molar-refractivity contribution is 0.182. The van der Waals surface area contributed by atoms with Gasteiger partial charge in [0.2, 0.25) is 0 Å². The Morgan fingerprint density at radius 1 is 1.57 bits per heavy atom. The number of hydrogen-bond donors (Lipinski definition) is 2. The molecule has 14 heavy (non-hydrogen) atoms. The molecule has 0 amide bonds. The molecule has 0 saturated heterocycles. The predicted molar refractivity (Wildman–Crippen MR) is 58.4 cm³/mol. The Morgan fingerprint density at radius 3 is 3.21 bits per heavy atom. The third-order valence-corrected chi connectivity index (χ3v) is 2.63. The predicted octanol–water partition coefficient (Wildman–Crippen LogP) is 2.26. The van der Waals surface area contributed by atoms with E-state index in [2.05, 4.69) is 18.0 Å². The van der Waals surface area contributed by atoms with Crippen LogP contribution in [0.3, 0.4) is 0 Å². The summed E-state index contributed by atoms with van der Waals surface area (Å²) in [5, 5.41) is 13.2. The smallest absolute Gasteiger partial charge is 0.0844 e. The number of benzene rings is 1. The van der Waals surface area contributed by atoms with Crippen molar-refractivity contribution >= 4 is 5.69 Å². The number of rotatable bonds is 3. The van der Waals surface area contributed by atoms with Gasteiger partial charge in [0.1, 0.15) is 0 Å². The van der Waals surface area contributed by atoms with Gasteiger partial charge >= 0.3 is 0 Å². The molecular weight excluding hydrogens is 174 g/mol. The summed E-state index contributed by atoms with van der Waals surface area (Å²) in [7, 11) is 0. The maximum Gasteiger partial charge on any atom is 0.0844 e. The van der Waals surface area contributed by atoms with E-state index < -0.39 is 6.10 Å². The minimum absolute atomic E-state index is 0.423. The highest BCUT2D eigenvalue weighted by atomic mass is 16.3. The molecule has 1 aliphatic rings. The molecular formula is C12H15NO. The zero-order chi connectivity index (χ0) is 9.97. The topological polar surface area (TPSA) is 32.3 Å². The van der Waals surface area contributed by atoms with E-state index in [0.717, 1.165) is 24.2 Å². The number of aliphatic hydroxyl groups is 1. The van der Waals surface area contributed by atoms with Crippen molar-refractivity contribution < 1.29 is 5.11 Å². The van der Waals surface area contributed by atoms with Crippen LogP contribution in [0.1, 0.15) is 23.7 Å². The van der Waals surface area contributed by atoms with Gasteiger partial charge in [0.25, 0.3) is 0 Å². The highest BCUT2D eigenvalue weighted by Crippen LogP contribution is 2.31. The largest absolute Gasteiger partial charge is 0.388 e. The average molecular weight is 189 g/mol. The Hall–Kier alpha value is -1.28. The summed E-state index contributed by atoms with van der Waals surface area (Å²) in [4.78, 5) is 0. The van der Waals surface area contributed by atoms with Crippen LogP contribution in [0.25, 0.3) is 0 Å². The zero-order valence-electron chi connectivity index (χ0n) is 8.16. The molecule has 1 aromatic carbocycles. The Kier molecular flexibility index (Phi) is 2.55. The number of hydrogen-bond acceptors (Lipinski definition) is 2. The highest BCUT2D eigenvalue weighted by Gasteiger charge is 2.17. The number of nitrogens with one attached hydrogen (secondary N) is 1. The number of fused-ring (bicyclic) bond motifs is 1. The standard InChI is InChI=1S/C12H15NO/c1-2-4-11(14)10-6-3-5-9-7-8-13-12(9)10/h2-3,5-6,11,13-14H,1,4,7-8H2. The van der Waals surface area contributed by atoms with Gasteiger partial charge in [0.05, 0.1) is 6.10 Å². The van der Waals surface area contributed by atoms with Gasteiger partial charge in [-0.3, -0.25) is 0 Å². The minimum atomic E-state index is -0.423. The monoisotopic (exact) mass is 189 g/mol. The van der Waals surface area contributed by atoms with Crippen molar-refractivity contribution in [2.45, 2.75) is 18.9 Å². The molecule has 0 radical (unpaired) electrons. The van der Waals surface area contributed by atoms with Crippen LogP contribution < -0.4 is 5.32 Å². The molecule has 0 aromatic heterocycles. The van der Waals surface area contributed by atoms with Gasteiger partial charge in [-0.05, 0) is 18.4 Å². The number of aliphatic hydroxyl groups excluding tert-OH is 1. The minimum Gasteiger partial charge on any atom is -0.388 e. The molecule has 0 saturated carbocycles. The normalized spacial score (nSPS) is 15.8. The van der Waals surface area contributed by atoms with Gasteiger partial charge in [0, 0.05) is 17.8 Å². The fraction of sp³-hybridized carbons (Fsp3) is 0.333. The molecule has 1 atom stereocenters. The molecule has 1 aliphatic heterocycles. The van der Waals surface area contributed by atoms with Crippen LogP contribution in [0.5, 0.6) is 0 Å². The van der Waals surface area contributed by atoms with E-state index in [1.54, 1.807) is 6.08 Å². The summed E-state index contributed by atoms with van der Waals surface area (Å²) in [5.41, 5.74) is 3.44. The van der Waals surface area contributed by atoms with Crippen LogP contribution >= 0.6 is 0 Å². The Balaban J connectivity index is 2.34. The quantitative estimate of drug-likeness (QED) is 0.715. The van der Waals surface area contributed by atoms with Gasteiger partial charge in [-0.15, -0.1) is 6.58 Å². The third kappa shape index (κ3) is 1.53. The molecule has 2 rings (SSSR count). The number of para-hydroxylation sites is 1. The molecule has 0 aliphatic carbocycles. The molecule has 0 bridgehead atoms. The summed E-state index contributed by atoms with van der Waals surface area (Å²) in [6.45, 7) is 4.62. The van der Waals surface area contributed by atoms with Crippen molar-refractivity contribution in [2.24, 2.45) is 0 Å². The zero-order valence-corrected chi connectivity index (χ0v) is 8.16. The van der Waals surface area contributed by atoms with E-state index in [0.29, 0.717) is 6.42 Å². The van der Waals surface area contributed by atoms with Gasteiger partial charge in [-0.2, -0.15) is 0 Å². The van der Waals surface area contributed by atoms with E-state index in [4.69, 9.17) is 0 Å². The second-order valence-electron chi connectivity index (χ2n) is 3.60. The van der Waals surface area contributed by atoms with Crippen molar-refractivity contribution in [1.82, 2.24) is 0 Å². The van der Waals surface area contributed by atoms with E-state index in [9.17, 15) is 5.11 Å². The molecule has 1 aromatic rings. The summed E-state index contributed by atoms with van der Waals surface area (Å²) in [5.74, 6) is 0. The second-order valence-corrected chi connectivity index (χ2v) is 3.60. The first-order chi connectivity index (χ1) is 6.83. The van der Waals surface area contributed by atoms with E-state index >= 15 is 0 Å². The average Bonchev–Trinajstić information content (AvgIpc) is 2.65. The lowest BCUT2D eigenvalue weighted by Crippen LogP contribution is -2.01. The van der Waals surface area contributed by atoms with Crippen LogP contribution in [0, 0.1) is 0 Å². The van der Waals surface area contributed by atoms with E-state index in [-0.39, 0.29) is 0 Å². The lowest BCUT2D eigenvalue weighted by Gasteiger charge is -2.13. The van der Waals surface area contributed by atoms with Crippen LogP contribution in [0.2, 0.25) is 0 Å². The molecule has 1 heterocycles. The molecule has 2 heteroatoms. The molecule has 0 spiro atoms. The first-order valence-corrected chi connectivity index (χ1v) is 4.97. The first-order valence-electron chi connectivity index (χ1n) is 4.97. The van der Waals surface area contributed by atoms with Crippen molar-refractivity contribution in [3.8, 4) is 0 Å². The van der Waals surface area contributed by atoms with Crippen molar-refractivity contribution in [3.05, 3.63) is 42.0 Å². The van der Waals surface area contributed by atoms with Gasteiger partial charge in [0.15, 0.2) is 0 Å². The van der Waals surface area contributed by atoms with Crippen LogP contribution in [0.4, 0.5) is 5.69 Å². The summed E-state index contributed by atoms with van der Waals surface area (Å²) in [6, 6.07) is 6.10. The van der Waals surface area contributed by atoms with Gasteiger partial charge < -0.3 is 10.4 Å². The van der Waals surface area contributed by atoms with Crippen LogP contribution in [-0.4, -0.2) is 11.7 Å². The second kappa shape index (κ2) is 3.84. The molecule has 0 fully saturated rings. The molecule has 74 valence electrons. The van der Waals surface area contributed by atoms with Crippen molar-refractivity contribution in [1.29, 1.82) is 0 Å². The summed E-state index contributed by atoms with van der Waals surface area (Å²) in [6.07, 6.45) is 2.99. The van der Waals surface area contributed by atoms with Crippen LogP contribution in [0.15, 0.2) is 30.9 Å². The molecule has 1 unspecified atom stereocenters. The Morgan fingerprint density at radius 2 is 2.43 bits per heavy atom. The van der Waals surface area contributed by atoms with Gasteiger partial charge in [-0.1, -0.05) is 24.3 Å². The van der Waals surface area contributed by atoms with Crippen LogP contribution in [-0.2, 0) is 6.42 Å². The maximum absolute atomic E-state index is 9.87. The maximum atomic E-state index is 9.87. The van der Waals surface area contributed by atoms with Gasteiger partial charge in [-0.25, -0.2) is 0 Å². The summed E-state index contributed by atoms with van der Waals surface area (Å²) < 4.78 is 0. The first kappa shape index (κ1) is 9.28. The lowest BCUT2D eigenvalue weighted by atomic mass is 10.0. The van der Waals surface area contributed by atoms with E-state index in [1.807, 2.05) is 12.1 Å². The fourth-order valence-electron chi connectivity index (χ4n) is 1.93. The number of anilines is 1. The Bertz CT molecular complexity index is 346. The SMILES string of the molecule is C=CCC(O)c1cccc2c1NCC2. The van der Waals surface area contributed by atoms with E-state index in [1.165, 1.54) is 5.56 Å².